The molecule has 1 heterocycles. The Balaban J connectivity index is 1.87. The molecule has 0 aliphatic carbocycles. The molecule has 0 unspecified atom stereocenters. The predicted octanol–water partition coefficient (Wildman–Crippen LogP) is 3.64. The molecule has 6 nitrogen and oxygen atoms in total. The van der Waals surface area contributed by atoms with Crippen molar-refractivity contribution in [3.8, 4) is 5.75 Å². The van der Waals surface area contributed by atoms with Gasteiger partial charge in [0.2, 0.25) is 10.0 Å². The van der Waals surface area contributed by atoms with Crippen molar-refractivity contribution in [2.75, 3.05) is 13.2 Å². The van der Waals surface area contributed by atoms with Gasteiger partial charge in [-0.25, -0.2) is 21.6 Å². The van der Waals surface area contributed by atoms with Crippen molar-refractivity contribution in [3.05, 3.63) is 77.7 Å². The lowest BCUT2D eigenvalue weighted by Crippen LogP contribution is -2.31. The Morgan fingerprint density at radius 1 is 0.931 bits per heavy atom. The topological polar surface area (TPSA) is 89.5 Å². The third-order valence-corrected chi connectivity index (χ3v) is 9.20. The second-order valence-electron chi connectivity index (χ2n) is 6.13. The lowest BCUT2D eigenvalue weighted by atomic mass is 10.1. The van der Waals surface area contributed by atoms with E-state index in [0.29, 0.717) is 17.9 Å². The van der Waals surface area contributed by atoms with Crippen LogP contribution >= 0.6 is 11.3 Å². The van der Waals surface area contributed by atoms with Gasteiger partial charge in [-0.15, -0.1) is 11.3 Å². The lowest BCUT2D eigenvalue weighted by Gasteiger charge is -2.18. The summed E-state index contributed by atoms with van der Waals surface area (Å²) in [7, 11) is -7.65. The van der Waals surface area contributed by atoms with Crippen molar-refractivity contribution in [1.29, 1.82) is 0 Å². The van der Waals surface area contributed by atoms with E-state index in [1.165, 1.54) is 18.2 Å². The average molecular weight is 452 g/mol. The summed E-state index contributed by atoms with van der Waals surface area (Å²) in [5.74, 6) is 0.564. The Labute approximate surface area is 175 Å². The van der Waals surface area contributed by atoms with Gasteiger partial charge in [0.05, 0.1) is 11.5 Å². The normalized spacial score (nSPS) is 13.1. The van der Waals surface area contributed by atoms with Crippen LogP contribution in [0.4, 0.5) is 0 Å². The van der Waals surface area contributed by atoms with Gasteiger partial charge in [-0.05, 0) is 48.2 Å². The highest BCUT2D eigenvalue weighted by atomic mass is 32.2. The van der Waals surface area contributed by atoms with E-state index in [9.17, 15) is 16.8 Å². The minimum Gasteiger partial charge on any atom is -0.494 e. The zero-order valence-corrected chi connectivity index (χ0v) is 18.1. The number of thiophene rings is 1. The molecule has 0 aliphatic heterocycles. The minimum atomic E-state index is -3.89. The second kappa shape index (κ2) is 9.08. The highest BCUT2D eigenvalue weighted by Gasteiger charge is 2.31. The fourth-order valence-electron chi connectivity index (χ4n) is 2.79. The summed E-state index contributed by atoms with van der Waals surface area (Å²) in [6.07, 6.45) is 0. The Morgan fingerprint density at radius 3 is 2.21 bits per heavy atom. The summed E-state index contributed by atoms with van der Waals surface area (Å²) in [6, 6.07) is 17.8. The maximum Gasteiger partial charge on any atom is 0.240 e. The average Bonchev–Trinajstić information content (AvgIpc) is 3.25. The number of rotatable bonds is 9. The molecule has 0 saturated heterocycles. The molecule has 0 bridgehead atoms. The molecule has 0 radical (unpaired) electrons. The molecule has 1 N–H and O–H groups in total. The van der Waals surface area contributed by atoms with Gasteiger partial charge in [-0.1, -0.05) is 36.4 Å². The van der Waals surface area contributed by atoms with E-state index in [0.717, 1.165) is 11.3 Å². The molecule has 29 heavy (non-hydrogen) atoms. The summed E-state index contributed by atoms with van der Waals surface area (Å²) in [5, 5.41) is 0.638. The molecular formula is C20H21NO5S3. The number of hydrogen-bond donors (Lipinski definition) is 1. The maximum atomic E-state index is 13.1. The number of sulfonamides is 1. The smallest absolute Gasteiger partial charge is 0.240 e. The Hall–Kier alpha value is -2.20. The van der Waals surface area contributed by atoms with Gasteiger partial charge >= 0.3 is 0 Å². The van der Waals surface area contributed by atoms with Gasteiger partial charge in [0.1, 0.15) is 15.2 Å². The van der Waals surface area contributed by atoms with Gasteiger partial charge in [-0.2, -0.15) is 0 Å². The Morgan fingerprint density at radius 2 is 1.62 bits per heavy atom. The monoisotopic (exact) mass is 451 g/mol. The predicted molar refractivity (Wildman–Crippen MR) is 113 cm³/mol. The molecule has 2 aromatic carbocycles. The summed E-state index contributed by atoms with van der Waals surface area (Å²) >= 11 is 1.11. The van der Waals surface area contributed by atoms with Crippen molar-refractivity contribution in [2.24, 2.45) is 0 Å². The van der Waals surface area contributed by atoms with E-state index < -0.39 is 25.1 Å². The van der Waals surface area contributed by atoms with E-state index in [4.69, 9.17) is 4.74 Å². The van der Waals surface area contributed by atoms with Crippen molar-refractivity contribution in [1.82, 2.24) is 4.72 Å². The second-order valence-corrected chi connectivity index (χ2v) is 11.2. The molecule has 3 rings (SSSR count). The molecule has 0 fully saturated rings. The third kappa shape index (κ3) is 5.05. The highest BCUT2D eigenvalue weighted by Crippen LogP contribution is 2.31. The first-order valence-electron chi connectivity index (χ1n) is 8.89. The van der Waals surface area contributed by atoms with Gasteiger partial charge in [0.15, 0.2) is 9.84 Å². The molecule has 9 heteroatoms. The molecule has 154 valence electrons. The fraction of sp³-hybridized carbons (Fsp3) is 0.200. The van der Waals surface area contributed by atoms with E-state index in [-0.39, 0.29) is 15.6 Å². The summed E-state index contributed by atoms with van der Waals surface area (Å²) in [5.41, 5.74) is 0.523. The first-order valence-corrected chi connectivity index (χ1v) is 12.8. The van der Waals surface area contributed by atoms with E-state index in [1.54, 1.807) is 53.9 Å². The molecule has 0 aliphatic rings. The number of ether oxygens (including phenoxy) is 1. The van der Waals surface area contributed by atoms with E-state index in [1.807, 2.05) is 6.92 Å². The zero-order chi connectivity index (χ0) is 20.9. The van der Waals surface area contributed by atoms with Gasteiger partial charge in [0.25, 0.3) is 0 Å². The van der Waals surface area contributed by atoms with Crippen LogP contribution in [0.15, 0.2) is 81.2 Å². The zero-order valence-electron chi connectivity index (χ0n) is 15.7. The first-order chi connectivity index (χ1) is 13.8. The van der Waals surface area contributed by atoms with Crippen LogP contribution in [0.1, 0.15) is 17.7 Å². The first kappa shape index (κ1) is 21.5. The van der Waals surface area contributed by atoms with Crippen molar-refractivity contribution in [3.63, 3.8) is 0 Å². The standard InChI is InChI=1S/C20H21NO5S3/c1-2-26-17-10-12-18(13-11-17)29(24,25)21-15-19(16-7-4-3-5-8-16)28(22,23)20-9-6-14-27-20/h3-14,19,21H,2,15H2,1H3/t19-/m1/s1. The van der Waals surface area contributed by atoms with Gasteiger partial charge in [-0.3, -0.25) is 0 Å². The molecule has 1 aromatic heterocycles. The van der Waals surface area contributed by atoms with Crippen LogP contribution in [0, 0.1) is 0 Å². The van der Waals surface area contributed by atoms with Crippen LogP contribution in [0.3, 0.4) is 0 Å². The third-order valence-electron chi connectivity index (χ3n) is 4.23. The molecule has 3 aromatic rings. The van der Waals surface area contributed by atoms with Crippen LogP contribution in [0.2, 0.25) is 0 Å². The number of hydrogen-bond acceptors (Lipinski definition) is 6. The fourth-order valence-corrected chi connectivity index (χ4v) is 6.81. The molecule has 0 spiro atoms. The van der Waals surface area contributed by atoms with Crippen molar-refractivity contribution >= 4 is 31.2 Å². The lowest BCUT2D eigenvalue weighted by molar-refractivity contribution is 0.340. The Bertz CT molecular complexity index is 1120. The van der Waals surface area contributed by atoms with Crippen molar-refractivity contribution in [2.45, 2.75) is 21.3 Å². The maximum absolute atomic E-state index is 13.1. The van der Waals surface area contributed by atoms with E-state index in [2.05, 4.69) is 4.72 Å². The quantitative estimate of drug-likeness (QED) is 0.536. The summed E-state index contributed by atoms with van der Waals surface area (Å²) in [6.45, 7) is 2.04. The number of benzene rings is 2. The summed E-state index contributed by atoms with van der Waals surface area (Å²) < 4.78 is 59.6. The SMILES string of the molecule is CCOc1ccc(S(=O)(=O)NC[C@H](c2ccccc2)S(=O)(=O)c2cccs2)cc1. The molecule has 0 amide bonds. The summed E-state index contributed by atoms with van der Waals surface area (Å²) in [4.78, 5) is 0.0429. The number of sulfone groups is 1. The van der Waals surface area contributed by atoms with Crippen molar-refractivity contribution < 1.29 is 21.6 Å². The highest BCUT2D eigenvalue weighted by molar-refractivity contribution is 7.93. The van der Waals surface area contributed by atoms with Gasteiger partial charge in [0, 0.05) is 6.54 Å². The van der Waals surface area contributed by atoms with Crippen LogP contribution in [0.25, 0.3) is 0 Å². The molecule has 1 atom stereocenters. The van der Waals surface area contributed by atoms with Crippen LogP contribution in [0.5, 0.6) is 5.75 Å². The molecular weight excluding hydrogens is 430 g/mol. The minimum absolute atomic E-state index is 0.0429. The molecule has 0 saturated carbocycles. The van der Waals surface area contributed by atoms with Crippen LogP contribution in [-0.4, -0.2) is 30.0 Å². The Kier molecular flexibility index (Phi) is 6.74. The van der Waals surface area contributed by atoms with Crippen LogP contribution < -0.4 is 9.46 Å². The van der Waals surface area contributed by atoms with Crippen LogP contribution in [-0.2, 0) is 19.9 Å². The number of nitrogens with one attached hydrogen (secondary N) is 1. The van der Waals surface area contributed by atoms with E-state index >= 15 is 0 Å². The van der Waals surface area contributed by atoms with Gasteiger partial charge < -0.3 is 4.74 Å². The largest absolute Gasteiger partial charge is 0.494 e.